The lowest BCUT2D eigenvalue weighted by Crippen LogP contribution is -2.19. The molecular weight excluding hydrogens is 434 g/mol. The quantitative estimate of drug-likeness (QED) is 0.522. The van der Waals surface area contributed by atoms with E-state index in [-0.39, 0.29) is 31.0 Å². The molecule has 3 aromatic rings. The van der Waals surface area contributed by atoms with Gasteiger partial charge in [-0.25, -0.2) is 9.98 Å². The number of nitrogens with zero attached hydrogens (tertiary/aromatic N) is 2. The maximum Gasteiger partial charge on any atom is 0.303 e. The molecule has 1 aliphatic rings. The highest BCUT2D eigenvalue weighted by atomic mass is 32.2. The zero-order chi connectivity index (χ0) is 21.8. The van der Waals surface area contributed by atoms with E-state index >= 15 is 0 Å². The summed E-state index contributed by atoms with van der Waals surface area (Å²) in [5.41, 5.74) is 0.780. The zero-order valence-corrected chi connectivity index (χ0v) is 17.8. The lowest BCUT2D eigenvalue weighted by molar-refractivity contribution is -0.138. The summed E-state index contributed by atoms with van der Waals surface area (Å²) < 4.78 is 0. The van der Waals surface area contributed by atoms with Crippen molar-refractivity contribution in [2.45, 2.75) is 19.3 Å². The molecule has 4 rings (SSSR count). The van der Waals surface area contributed by atoms with Crippen LogP contribution in [0.2, 0.25) is 0 Å². The van der Waals surface area contributed by atoms with Crippen LogP contribution in [0.3, 0.4) is 0 Å². The van der Waals surface area contributed by atoms with E-state index < -0.39 is 5.97 Å². The first kappa shape index (κ1) is 21.0. The van der Waals surface area contributed by atoms with Crippen LogP contribution >= 0.6 is 23.1 Å². The molecule has 2 N–H and O–H groups in total. The van der Waals surface area contributed by atoms with Crippen molar-refractivity contribution in [2.24, 2.45) is 4.99 Å². The molecule has 7 nitrogen and oxygen atoms in total. The average molecular weight is 452 g/mol. The number of thioether (sulfide) groups is 1. The normalized spacial score (nSPS) is 16.2. The number of hydrogen-bond donors (Lipinski definition) is 2. The van der Waals surface area contributed by atoms with Gasteiger partial charge in [-0.2, -0.15) is 0 Å². The summed E-state index contributed by atoms with van der Waals surface area (Å²) in [4.78, 5) is 44.8. The fraction of sp³-hybridized carbons (Fsp3) is 0.136. The summed E-state index contributed by atoms with van der Waals surface area (Å²) in [5.74, 6) is -1.41. The fourth-order valence-corrected chi connectivity index (χ4v) is 4.79. The van der Waals surface area contributed by atoms with Gasteiger partial charge in [0.2, 0.25) is 0 Å². The predicted octanol–water partition coefficient (Wildman–Crippen LogP) is 4.16. The summed E-state index contributed by atoms with van der Waals surface area (Å²) in [6.45, 7) is 0. The van der Waals surface area contributed by atoms with Gasteiger partial charge in [-0.05, 0) is 29.3 Å². The first-order valence-corrected chi connectivity index (χ1v) is 11.1. The molecule has 2 heterocycles. The second kappa shape index (κ2) is 9.23. The van der Waals surface area contributed by atoms with Crippen LogP contribution in [0.25, 0.3) is 16.8 Å². The van der Waals surface area contributed by atoms with Crippen LogP contribution in [0, 0.1) is 0 Å². The Morgan fingerprint density at radius 2 is 1.94 bits per heavy atom. The predicted molar refractivity (Wildman–Crippen MR) is 122 cm³/mol. The molecule has 0 unspecified atom stereocenters. The first-order valence-electron chi connectivity index (χ1n) is 9.43. The van der Waals surface area contributed by atoms with Crippen molar-refractivity contribution in [3.05, 3.63) is 63.5 Å². The number of carbonyl (C=O) groups excluding carboxylic acids is 2. The average Bonchev–Trinajstić information content (AvgIpc) is 3.33. The molecule has 9 heteroatoms. The Morgan fingerprint density at radius 1 is 1.13 bits per heavy atom. The Kier molecular flexibility index (Phi) is 6.24. The monoisotopic (exact) mass is 451 g/mol. The van der Waals surface area contributed by atoms with Crippen molar-refractivity contribution >= 4 is 68.5 Å². The molecular formula is C22H17N3O4S2. The number of aliphatic carboxylic acids is 1. The van der Waals surface area contributed by atoms with Crippen molar-refractivity contribution in [1.82, 2.24) is 10.3 Å². The van der Waals surface area contributed by atoms with Gasteiger partial charge in [0.15, 0.2) is 5.17 Å². The van der Waals surface area contributed by atoms with Crippen molar-refractivity contribution in [3.63, 3.8) is 0 Å². The van der Waals surface area contributed by atoms with E-state index in [2.05, 4.69) is 15.3 Å². The number of Topliss-reactive ketones (excluding diaryl/α,β-unsaturated/α-hetero) is 1. The number of carboxylic acid groups (broad SMARTS) is 1. The first-order chi connectivity index (χ1) is 15.0. The van der Waals surface area contributed by atoms with Gasteiger partial charge >= 0.3 is 5.97 Å². The number of thiazole rings is 1. The number of fused-ring (bicyclic) bond motifs is 1. The molecule has 31 heavy (non-hydrogen) atoms. The van der Waals surface area contributed by atoms with Crippen LogP contribution in [-0.4, -0.2) is 32.9 Å². The molecule has 0 saturated carbocycles. The molecule has 156 valence electrons. The highest BCUT2D eigenvalue weighted by molar-refractivity contribution is 8.18. The Balaban J connectivity index is 1.47. The molecule has 1 aromatic heterocycles. The maximum absolute atomic E-state index is 12.4. The number of nitrogens with one attached hydrogen (secondary N) is 1. The molecule has 0 atom stereocenters. The number of benzene rings is 2. The highest BCUT2D eigenvalue weighted by Crippen LogP contribution is 2.32. The molecule has 0 radical (unpaired) electrons. The molecule has 1 saturated heterocycles. The number of aliphatic imine (C=N–C) groups is 1. The van der Waals surface area contributed by atoms with Gasteiger partial charge in [0, 0.05) is 22.9 Å². The van der Waals surface area contributed by atoms with Crippen LogP contribution in [-0.2, 0) is 20.8 Å². The maximum atomic E-state index is 12.4. The minimum atomic E-state index is -0.997. The lowest BCUT2D eigenvalue weighted by Gasteiger charge is -2.02. The lowest BCUT2D eigenvalue weighted by atomic mass is 10.1. The molecule has 1 amide bonds. The number of aromatic nitrogens is 1. The summed E-state index contributed by atoms with van der Waals surface area (Å²) in [7, 11) is 0. The van der Waals surface area contributed by atoms with Gasteiger partial charge in [-0.3, -0.25) is 14.4 Å². The van der Waals surface area contributed by atoms with Crippen LogP contribution in [0.15, 0.2) is 58.6 Å². The van der Waals surface area contributed by atoms with E-state index in [9.17, 15) is 14.4 Å². The van der Waals surface area contributed by atoms with Gasteiger partial charge in [0.25, 0.3) is 5.91 Å². The highest BCUT2D eigenvalue weighted by Gasteiger charge is 2.24. The number of rotatable bonds is 7. The topological polar surface area (TPSA) is 109 Å². The number of carboxylic acids is 1. The number of hydrogen-bond acceptors (Lipinski definition) is 7. The van der Waals surface area contributed by atoms with E-state index in [0.29, 0.717) is 15.1 Å². The van der Waals surface area contributed by atoms with Crippen LogP contribution in [0.1, 0.15) is 22.7 Å². The van der Waals surface area contributed by atoms with Crippen molar-refractivity contribution in [2.75, 3.05) is 0 Å². The van der Waals surface area contributed by atoms with Gasteiger partial charge in [0.1, 0.15) is 10.8 Å². The van der Waals surface area contributed by atoms with Gasteiger partial charge in [-0.15, -0.1) is 11.3 Å². The minimum Gasteiger partial charge on any atom is -0.481 e. The Labute approximate surface area is 185 Å². The smallest absolute Gasteiger partial charge is 0.303 e. The number of carbonyl (C=O) groups is 3. The summed E-state index contributed by atoms with van der Waals surface area (Å²) in [6.07, 6.45) is 3.21. The SMILES string of the molecule is O=C(O)CCC(=O)Cc1ncc(/C=C2\SC(=Nc3cccc4ccccc34)NC2=O)s1. The van der Waals surface area contributed by atoms with Crippen LogP contribution in [0.5, 0.6) is 0 Å². The van der Waals surface area contributed by atoms with Crippen LogP contribution < -0.4 is 5.32 Å². The van der Waals surface area contributed by atoms with Crippen molar-refractivity contribution in [1.29, 1.82) is 0 Å². The summed E-state index contributed by atoms with van der Waals surface area (Å²) in [5, 5.41) is 14.6. The largest absolute Gasteiger partial charge is 0.481 e. The van der Waals surface area contributed by atoms with Gasteiger partial charge < -0.3 is 10.4 Å². The van der Waals surface area contributed by atoms with E-state index in [1.807, 2.05) is 42.5 Å². The van der Waals surface area contributed by atoms with E-state index in [0.717, 1.165) is 21.3 Å². The molecule has 0 aliphatic carbocycles. The third kappa shape index (κ3) is 5.25. The standard InChI is InChI=1S/C22H17N3O4S2/c26-14(8-9-20(27)28)10-19-23-12-15(30-19)11-18-21(29)25-22(31-18)24-17-7-3-5-13-4-1-2-6-16(13)17/h1-7,11-12H,8-10H2,(H,27,28)(H,24,25,29)/b18-11-. The van der Waals surface area contributed by atoms with Gasteiger partial charge in [0.05, 0.1) is 23.4 Å². The number of ketones is 1. The second-order valence-corrected chi connectivity index (χ2v) is 8.92. The van der Waals surface area contributed by atoms with Crippen molar-refractivity contribution in [3.8, 4) is 0 Å². The summed E-state index contributed by atoms with van der Waals surface area (Å²) >= 11 is 2.55. The minimum absolute atomic E-state index is 0.0163. The van der Waals surface area contributed by atoms with Crippen molar-refractivity contribution < 1.29 is 19.5 Å². The molecule has 1 fully saturated rings. The zero-order valence-electron chi connectivity index (χ0n) is 16.2. The third-order valence-corrected chi connectivity index (χ3v) is 6.30. The molecule has 0 spiro atoms. The number of amides is 1. The Hall–Kier alpha value is -3.30. The number of amidine groups is 1. The second-order valence-electron chi connectivity index (χ2n) is 6.75. The van der Waals surface area contributed by atoms with Crippen LogP contribution in [0.4, 0.5) is 5.69 Å². The molecule has 2 aromatic carbocycles. The molecule has 0 bridgehead atoms. The third-order valence-electron chi connectivity index (χ3n) is 4.45. The summed E-state index contributed by atoms with van der Waals surface area (Å²) in [6, 6.07) is 13.8. The van der Waals surface area contributed by atoms with E-state index in [1.165, 1.54) is 23.1 Å². The van der Waals surface area contributed by atoms with E-state index in [4.69, 9.17) is 5.11 Å². The van der Waals surface area contributed by atoms with Gasteiger partial charge in [-0.1, -0.05) is 36.4 Å². The Bertz CT molecular complexity index is 1240. The Morgan fingerprint density at radius 3 is 2.77 bits per heavy atom. The molecule has 1 aliphatic heterocycles. The fourth-order valence-electron chi connectivity index (χ4n) is 3.00. The van der Waals surface area contributed by atoms with E-state index in [1.54, 1.807) is 12.3 Å².